The molecule has 1 aliphatic carbocycles. The Morgan fingerprint density at radius 1 is 1.25 bits per heavy atom. The van der Waals surface area contributed by atoms with Crippen molar-refractivity contribution >= 4 is 5.91 Å². The molecule has 3 nitrogen and oxygen atoms in total. The lowest BCUT2D eigenvalue weighted by molar-refractivity contribution is -0.131. The zero-order valence-corrected chi connectivity index (χ0v) is 11.8. The molecule has 2 rings (SSSR count). The smallest absolute Gasteiger partial charge is 0.227 e. The normalized spacial score (nSPS) is 18.3. The SMILES string of the molecule is NCC1(C(=O)NCc2cccc(F)c2)CCCCCC1. The third-order valence-electron chi connectivity index (χ3n) is 4.28. The van der Waals surface area contributed by atoms with Gasteiger partial charge in [0, 0.05) is 13.1 Å². The average Bonchev–Trinajstić information content (AvgIpc) is 2.71. The van der Waals surface area contributed by atoms with Gasteiger partial charge in [0.05, 0.1) is 5.41 Å². The van der Waals surface area contributed by atoms with Crippen molar-refractivity contribution in [2.24, 2.45) is 11.1 Å². The maximum atomic E-state index is 13.1. The number of amides is 1. The monoisotopic (exact) mass is 278 g/mol. The standard InChI is InChI=1S/C16H23FN2O/c17-14-7-5-6-13(10-14)11-19-15(20)16(12-18)8-3-1-2-4-9-16/h5-7,10H,1-4,8-9,11-12,18H2,(H,19,20). The summed E-state index contributed by atoms with van der Waals surface area (Å²) in [6.45, 7) is 0.750. The van der Waals surface area contributed by atoms with Crippen molar-refractivity contribution < 1.29 is 9.18 Å². The van der Waals surface area contributed by atoms with Crippen molar-refractivity contribution in [3.8, 4) is 0 Å². The first-order valence-corrected chi connectivity index (χ1v) is 7.39. The van der Waals surface area contributed by atoms with E-state index in [9.17, 15) is 9.18 Å². The molecule has 0 aromatic heterocycles. The van der Waals surface area contributed by atoms with E-state index < -0.39 is 5.41 Å². The molecule has 1 aromatic carbocycles. The van der Waals surface area contributed by atoms with Gasteiger partial charge in [-0.2, -0.15) is 0 Å². The molecule has 3 N–H and O–H groups in total. The third-order valence-corrected chi connectivity index (χ3v) is 4.28. The van der Waals surface area contributed by atoms with Gasteiger partial charge in [-0.05, 0) is 30.5 Å². The Labute approximate surface area is 119 Å². The summed E-state index contributed by atoms with van der Waals surface area (Å²) in [5.74, 6) is -0.258. The van der Waals surface area contributed by atoms with E-state index in [1.807, 2.05) is 6.07 Å². The van der Waals surface area contributed by atoms with E-state index in [0.29, 0.717) is 13.1 Å². The van der Waals surface area contributed by atoms with Gasteiger partial charge >= 0.3 is 0 Å². The molecule has 0 spiro atoms. The summed E-state index contributed by atoms with van der Waals surface area (Å²) in [6, 6.07) is 6.31. The molecule has 0 atom stereocenters. The molecule has 0 radical (unpaired) electrons. The minimum Gasteiger partial charge on any atom is -0.352 e. The van der Waals surface area contributed by atoms with Gasteiger partial charge < -0.3 is 11.1 Å². The molecule has 0 heterocycles. The van der Waals surface area contributed by atoms with E-state index in [0.717, 1.165) is 31.2 Å². The minimum atomic E-state index is -0.427. The van der Waals surface area contributed by atoms with Gasteiger partial charge in [-0.3, -0.25) is 4.79 Å². The largest absolute Gasteiger partial charge is 0.352 e. The zero-order valence-electron chi connectivity index (χ0n) is 11.8. The highest BCUT2D eigenvalue weighted by atomic mass is 19.1. The predicted octanol–water partition coefficient (Wildman–Crippen LogP) is 2.74. The Balaban J connectivity index is 1.98. The summed E-state index contributed by atoms with van der Waals surface area (Å²) in [5, 5.41) is 2.93. The molecule has 1 aliphatic rings. The van der Waals surface area contributed by atoms with Gasteiger partial charge in [0.25, 0.3) is 0 Å². The first kappa shape index (κ1) is 15.0. The van der Waals surface area contributed by atoms with Crippen LogP contribution >= 0.6 is 0 Å². The number of carbonyl (C=O) groups excluding carboxylic acids is 1. The average molecular weight is 278 g/mol. The van der Waals surface area contributed by atoms with Gasteiger partial charge in [0.1, 0.15) is 5.82 Å². The summed E-state index contributed by atoms with van der Waals surface area (Å²) < 4.78 is 13.1. The van der Waals surface area contributed by atoms with Crippen LogP contribution in [0.4, 0.5) is 4.39 Å². The van der Waals surface area contributed by atoms with Crippen LogP contribution in [0.25, 0.3) is 0 Å². The first-order chi connectivity index (χ1) is 9.66. The van der Waals surface area contributed by atoms with Crippen molar-refractivity contribution in [2.75, 3.05) is 6.54 Å². The van der Waals surface area contributed by atoms with E-state index in [4.69, 9.17) is 5.73 Å². The van der Waals surface area contributed by atoms with Crippen LogP contribution in [0.5, 0.6) is 0 Å². The Morgan fingerprint density at radius 2 is 1.95 bits per heavy atom. The number of hydrogen-bond acceptors (Lipinski definition) is 2. The summed E-state index contributed by atoms with van der Waals surface area (Å²) in [6.07, 6.45) is 6.20. The number of rotatable bonds is 4. The second-order valence-electron chi connectivity index (χ2n) is 5.71. The molecular formula is C16H23FN2O. The van der Waals surface area contributed by atoms with Crippen molar-refractivity contribution in [3.05, 3.63) is 35.6 Å². The van der Waals surface area contributed by atoms with Crippen molar-refractivity contribution in [1.82, 2.24) is 5.32 Å². The van der Waals surface area contributed by atoms with Gasteiger partial charge in [-0.1, -0.05) is 37.8 Å². The van der Waals surface area contributed by atoms with Crippen molar-refractivity contribution in [2.45, 2.75) is 45.1 Å². The number of carbonyl (C=O) groups is 1. The van der Waals surface area contributed by atoms with Crippen LogP contribution in [-0.4, -0.2) is 12.5 Å². The molecule has 1 aromatic rings. The molecule has 1 amide bonds. The van der Waals surface area contributed by atoms with Crippen LogP contribution in [0.1, 0.15) is 44.1 Å². The summed E-state index contributed by atoms with van der Waals surface area (Å²) >= 11 is 0. The maximum absolute atomic E-state index is 13.1. The molecule has 0 bridgehead atoms. The Kier molecular flexibility index (Phi) is 5.12. The molecule has 1 fully saturated rings. The molecule has 4 heteroatoms. The molecule has 110 valence electrons. The Hall–Kier alpha value is -1.42. The number of nitrogens with one attached hydrogen (secondary N) is 1. The number of halogens is 1. The minimum absolute atomic E-state index is 0.0196. The Morgan fingerprint density at radius 3 is 2.55 bits per heavy atom. The van der Waals surface area contributed by atoms with Gasteiger partial charge in [-0.15, -0.1) is 0 Å². The van der Waals surface area contributed by atoms with Gasteiger partial charge in [0.2, 0.25) is 5.91 Å². The van der Waals surface area contributed by atoms with E-state index in [1.165, 1.54) is 25.0 Å². The number of hydrogen-bond donors (Lipinski definition) is 2. The van der Waals surface area contributed by atoms with E-state index in [-0.39, 0.29) is 11.7 Å². The number of nitrogens with two attached hydrogens (primary N) is 1. The van der Waals surface area contributed by atoms with Gasteiger partial charge in [0.15, 0.2) is 0 Å². The zero-order chi connectivity index (χ0) is 14.4. The van der Waals surface area contributed by atoms with Crippen LogP contribution in [-0.2, 0) is 11.3 Å². The third kappa shape index (κ3) is 3.57. The summed E-state index contributed by atoms with van der Waals surface area (Å²) in [4.78, 5) is 12.5. The predicted molar refractivity (Wildman–Crippen MR) is 77.4 cm³/mol. The molecular weight excluding hydrogens is 255 g/mol. The lowest BCUT2D eigenvalue weighted by atomic mass is 9.79. The van der Waals surface area contributed by atoms with E-state index in [1.54, 1.807) is 6.07 Å². The van der Waals surface area contributed by atoms with Crippen molar-refractivity contribution in [1.29, 1.82) is 0 Å². The van der Waals surface area contributed by atoms with Crippen LogP contribution in [0.3, 0.4) is 0 Å². The quantitative estimate of drug-likeness (QED) is 0.832. The maximum Gasteiger partial charge on any atom is 0.227 e. The second-order valence-corrected chi connectivity index (χ2v) is 5.71. The second kappa shape index (κ2) is 6.84. The van der Waals surface area contributed by atoms with Crippen LogP contribution in [0.2, 0.25) is 0 Å². The Bertz CT molecular complexity index is 454. The van der Waals surface area contributed by atoms with Crippen LogP contribution < -0.4 is 11.1 Å². The number of benzene rings is 1. The fourth-order valence-corrected chi connectivity index (χ4v) is 2.95. The highest BCUT2D eigenvalue weighted by molar-refractivity contribution is 5.82. The van der Waals surface area contributed by atoms with Crippen LogP contribution in [0.15, 0.2) is 24.3 Å². The molecule has 20 heavy (non-hydrogen) atoms. The lowest BCUT2D eigenvalue weighted by Crippen LogP contribution is -2.45. The van der Waals surface area contributed by atoms with Crippen molar-refractivity contribution in [3.63, 3.8) is 0 Å². The summed E-state index contributed by atoms with van der Waals surface area (Å²) in [5.41, 5.74) is 6.23. The highest BCUT2D eigenvalue weighted by Gasteiger charge is 2.36. The van der Waals surface area contributed by atoms with E-state index >= 15 is 0 Å². The fraction of sp³-hybridized carbons (Fsp3) is 0.562. The molecule has 0 saturated heterocycles. The topological polar surface area (TPSA) is 55.1 Å². The first-order valence-electron chi connectivity index (χ1n) is 7.39. The molecule has 0 aliphatic heterocycles. The molecule has 1 saturated carbocycles. The summed E-state index contributed by atoms with van der Waals surface area (Å²) in [7, 11) is 0. The highest BCUT2D eigenvalue weighted by Crippen LogP contribution is 2.34. The lowest BCUT2D eigenvalue weighted by Gasteiger charge is -2.29. The van der Waals surface area contributed by atoms with Crippen LogP contribution in [0, 0.1) is 11.2 Å². The fourth-order valence-electron chi connectivity index (χ4n) is 2.95. The van der Waals surface area contributed by atoms with Gasteiger partial charge in [-0.25, -0.2) is 4.39 Å². The van der Waals surface area contributed by atoms with E-state index in [2.05, 4.69) is 5.32 Å². The molecule has 0 unspecified atom stereocenters.